The van der Waals surface area contributed by atoms with Crippen molar-refractivity contribution in [3.05, 3.63) is 59.2 Å². The van der Waals surface area contributed by atoms with Crippen LogP contribution < -0.4 is 9.47 Å². The molecule has 0 bridgehead atoms. The second-order valence-corrected chi connectivity index (χ2v) is 10.2. The SMILES string of the molecule is CCCOc1ccc(OCC2CCC(C3CCC(c4ccc(C)cc4)CC3)CC2)c(F)c1F. The fourth-order valence-electron chi connectivity index (χ4n) is 5.75. The van der Waals surface area contributed by atoms with Crippen LogP contribution in [-0.2, 0) is 0 Å². The van der Waals surface area contributed by atoms with Gasteiger partial charge in [0.2, 0.25) is 11.6 Å². The van der Waals surface area contributed by atoms with Crippen molar-refractivity contribution in [2.75, 3.05) is 13.2 Å². The molecule has 0 unspecified atom stereocenters. The van der Waals surface area contributed by atoms with Gasteiger partial charge in [-0.1, -0.05) is 36.8 Å². The molecule has 2 aliphatic carbocycles. The highest BCUT2D eigenvalue weighted by molar-refractivity contribution is 5.35. The van der Waals surface area contributed by atoms with E-state index in [1.54, 1.807) is 0 Å². The molecule has 0 amide bonds. The maximum atomic E-state index is 14.3. The maximum absolute atomic E-state index is 14.3. The topological polar surface area (TPSA) is 18.5 Å². The zero-order valence-electron chi connectivity index (χ0n) is 20.1. The first kappa shape index (κ1) is 24.0. The van der Waals surface area contributed by atoms with Crippen molar-refractivity contribution < 1.29 is 18.3 Å². The molecule has 2 nitrogen and oxygen atoms in total. The van der Waals surface area contributed by atoms with Crippen molar-refractivity contribution in [1.82, 2.24) is 0 Å². The van der Waals surface area contributed by atoms with Gasteiger partial charge in [-0.3, -0.25) is 0 Å². The summed E-state index contributed by atoms with van der Waals surface area (Å²) >= 11 is 0. The molecule has 2 aromatic rings. The molecule has 4 heteroatoms. The number of rotatable bonds is 8. The Hall–Kier alpha value is -2.10. The van der Waals surface area contributed by atoms with E-state index < -0.39 is 11.6 Å². The Kier molecular flexibility index (Phi) is 8.27. The van der Waals surface area contributed by atoms with Crippen LogP contribution in [0.3, 0.4) is 0 Å². The van der Waals surface area contributed by atoms with Gasteiger partial charge in [-0.25, -0.2) is 0 Å². The average Bonchev–Trinajstić information content (AvgIpc) is 2.85. The zero-order valence-corrected chi connectivity index (χ0v) is 20.1. The van der Waals surface area contributed by atoms with Gasteiger partial charge in [0.05, 0.1) is 13.2 Å². The molecule has 0 saturated heterocycles. The predicted molar refractivity (Wildman–Crippen MR) is 129 cm³/mol. The average molecular weight is 457 g/mol. The highest BCUT2D eigenvalue weighted by Crippen LogP contribution is 2.44. The quantitative estimate of drug-likeness (QED) is 0.398. The normalized spacial score (nSPS) is 25.6. The number of hydrogen-bond donors (Lipinski definition) is 0. The first-order valence-corrected chi connectivity index (χ1v) is 12.8. The lowest BCUT2D eigenvalue weighted by Gasteiger charge is -2.38. The molecule has 0 spiro atoms. The Morgan fingerprint density at radius 3 is 1.85 bits per heavy atom. The lowest BCUT2D eigenvalue weighted by molar-refractivity contribution is 0.129. The van der Waals surface area contributed by atoms with Gasteiger partial charge in [0.15, 0.2) is 11.5 Å². The smallest absolute Gasteiger partial charge is 0.204 e. The molecule has 2 fully saturated rings. The van der Waals surface area contributed by atoms with Crippen molar-refractivity contribution in [2.45, 2.75) is 77.6 Å². The van der Waals surface area contributed by atoms with Crippen molar-refractivity contribution in [2.24, 2.45) is 17.8 Å². The van der Waals surface area contributed by atoms with Gasteiger partial charge in [-0.05, 0) is 106 Å². The fourth-order valence-corrected chi connectivity index (χ4v) is 5.75. The zero-order chi connectivity index (χ0) is 23.2. The van der Waals surface area contributed by atoms with Crippen LogP contribution in [0.5, 0.6) is 11.5 Å². The standard InChI is InChI=1S/C29H38F2O2/c1-3-18-32-26-16-17-27(29(31)28(26)30)33-19-21-6-10-23(11-7-21)25-14-12-24(13-15-25)22-8-4-20(2)5-9-22/h4-5,8-9,16-17,21,23-25H,3,6-7,10-15,18-19H2,1-2H3. The summed E-state index contributed by atoms with van der Waals surface area (Å²) in [5.74, 6) is 0.852. The van der Waals surface area contributed by atoms with Crippen LogP contribution in [0.25, 0.3) is 0 Å². The summed E-state index contributed by atoms with van der Waals surface area (Å²) in [7, 11) is 0. The molecule has 2 aromatic carbocycles. The molecule has 4 rings (SSSR count). The van der Waals surface area contributed by atoms with E-state index in [4.69, 9.17) is 9.47 Å². The molecule has 2 saturated carbocycles. The first-order chi connectivity index (χ1) is 16.0. The van der Waals surface area contributed by atoms with Gasteiger partial charge < -0.3 is 9.47 Å². The first-order valence-electron chi connectivity index (χ1n) is 12.8. The van der Waals surface area contributed by atoms with Crippen molar-refractivity contribution >= 4 is 0 Å². The molecular weight excluding hydrogens is 418 g/mol. The molecule has 0 heterocycles. The van der Waals surface area contributed by atoms with Crippen molar-refractivity contribution in [3.8, 4) is 11.5 Å². The molecule has 0 N–H and O–H groups in total. The van der Waals surface area contributed by atoms with E-state index in [1.807, 2.05) is 6.92 Å². The van der Waals surface area contributed by atoms with E-state index in [-0.39, 0.29) is 11.5 Å². The molecule has 0 atom stereocenters. The van der Waals surface area contributed by atoms with Gasteiger partial charge >= 0.3 is 0 Å². The van der Waals surface area contributed by atoms with Crippen LogP contribution in [0.15, 0.2) is 36.4 Å². The van der Waals surface area contributed by atoms with E-state index in [9.17, 15) is 8.78 Å². The summed E-state index contributed by atoms with van der Waals surface area (Å²) in [6.07, 6.45) is 10.7. The van der Waals surface area contributed by atoms with Crippen LogP contribution in [0, 0.1) is 36.3 Å². The maximum Gasteiger partial charge on any atom is 0.204 e. The summed E-state index contributed by atoms with van der Waals surface area (Å²) in [5.41, 5.74) is 2.84. The third kappa shape index (κ3) is 6.07. The summed E-state index contributed by atoms with van der Waals surface area (Å²) in [5, 5.41) is 0. The summed E-state index contributed by atoms with van der Waals surface area (Å²) in [6.45, 7) is 4.90. The van der Waals surface area contributed by atoms with Gasteiger partial charge in [0.25, 0.3) is 0 Å². The molecule has 0 radical (unpaired) electrons. The molecule has 2 aliphatic rings. The Bertz CT molecular complexity index is 879. The fraction of sp³-hybridized carbons (Fsp3) is 0.586. The second-order valence-electron chi connectivity index (χ2n) is 10.2. The lowest BCUT2D eigenvalue weighted by atomic mass is 9.68. The third-order valence-corrected chi connectivity index (χ3v) is 7.83. The number of halogens is 2. The van der Waals surface area contributed by atoms with E-state index in [2.05, 4.69) is 31.2 Å². The van der Waals surface area contributed by atoms with Crippen LogP contribution in [0.2, 0.25) is 0 Å². The molecule has 33 heavy (non-hydrogen) atoms. The van der Waals surface area contributed by atoms with E-state index in [1.165, 1.54) is 61.8 Å². The van der Waals surface area contributed by atoms with E-state index in [0.717, 1.165) is 37.0 Å². The largest absolute Gasteiger partial charge is 0.490 e. The highest BCUT2D eigenvalue weighted by Gasteiger charge is 2.31. The van der Waals surface area contributed by atoms with Crippen LogP contribution in [-0.4, -0.2) is 13.2 Å². The van der Waals surface area contributed by atoms with Gasteiger partial charge in [0.1, 0.15) is 0 Å². The summed E-state index contributed by atoms with van der Waals surface area (Å²) in [6, 6.07) is 12.0. The molecular formula is C29H38F2O2. The minimum atomic E-state index is -0.953. The summed E-state index contributed by atoms with van der Waals surface area (Å²) in [4.78, 5) is 0. The minimum Gasteiger partial charge on any atom is -0.490 e. The Labute approximate surface area is 197 Å². The molecule has 180 valence electrons. The number of aryl methyl sites for hydroxylation is 1. The van der Waals surface area contributed by atoms with Crippen LogP contribution in [0.4, 0.5) is 8.78 Å². The Balaban J connectivity index is 1.21. The Morgan fingerprint density at radius 1 is 0.727 bits per heavy atom. The van der Waals surface area contributed by atoms with Crippen LogP contribution >= 0.6 is 0 Å². The monoisotopic (exact) mass is 456 g/mol. The highest BCUT2D eigenvalue weighted by atomic mass is 19.2. The Morgan fingerprint density at radius 2 is 1.27 bits per heavy atom. The van der Waals surface area contributed by atoms with Gasteiger partial charge in [0, 0.05) is 0 Å². The van der Waals surface area contributed by atoms with E-state index in [0.29, 0.717) is 19.1 Å². The lowest BCUT2D eigenvalue weighted by Crippen LogP contribution is -2.27. The number of benzene rings is 2. The van der Waals surface area contributed by atoms with Gasteiger partial charge in [-0.15, -0.1) is 0 Å². The van der Waals surface area contributed by atoms with Gasteiger partial charge in [-0.2, -0.15) is 8.78 Å². The van der Waals surface area contributed by atoms with Crippen LogP contribution in [0.1, 0.15) is 81.8 Å². The third-order valence-electron chi connectivity index (χ3n) is 7.83. The molecule has 0 aromatic heterocycles. The second kappa shape index (κ2) is 11.4. The van der Waals surface area contributed by atoms with E-state index >= 15 is 0 Å². The predicted octanol–water partition coefficient (Wildman–Crippen LogP) is 8.22. The van der Waals surface area contributed by atoms with Crippen molar-refractivity contribution in [3.63, 3.8) is 0 Å². The number of hydrogen-bond acceptors (Lipinski definition) is 2. The molecule has 0 aliphatic heterocycles. The minimum absolute atomic E-state index is 0.00657. The number of ether oxygens (including phenoxy) is 2. The summed E-state index contributed by atoms with van der Waals surface area (Å²) < 4.78 is 39.5. The van der Waals surface area contributed by atoms with Crippen molar-refractivity contribution in [1.29, 1.82) is 0 Å².